The van der Waals surface area contributed by atoms with Crippen LogP contribution in [0, 0.1) is 0 Å². The van der Waals surface area contributed by atoms with E-state index < -0.39 is 0 Å². The number of benzene rings is 1. The second kappa shape index (κ2) is 10.6. The zero-order chi connectivity index (χ0) is 18.4. The Labute approximate surface area is 168 Å². The lowest BCUT2D eigenvalue weighted by atomic mass is 10.1. The first kappa shape index (κ1) is 21.7. The van der Waals surface area contributed by atoms with Crippen LogP contribution in [0.5, 0.6) is 0 Å². The molecule has 0 aromatic heterocycles. The Balaban J connectivity index is 0.00000261. The smallest absolute Gasteiger partial charge is 0.253 e. The molecule has 6 nitrogen and oxygen atoms in total. The number of carbonyl (C=O) groups is 2. The molecule has 1 aromatic rings. The first-order valence-electron chi connectivity index (χ1n) is 9.76. The van der Waals surface area contributed by atoms with Crippen LogP contribution in [-0.4, -0.2) is 85.4 Å². The number of aryl methyl sites for hydroxylation is 1. The Morgan fingerprint density at radius 1 is 0.926 bits per heavy atom. The molecule has 0 unspecified atom stereocenters. The van der Waals surface area contributed by atoms with Gasteiger partial charge in [0.1, 0.15) is 0 Å². The lowest BCUT2D eigenvalue weighted by Crippen LogP contribution is -2.50. The monoisotopic (exact) mass is 394 g/mol. The van der Waals surface area contributed by atoms with Gasteiger partial charge in [0.25, 0.3) is 5.91 Å². The van der Waals surface area contributed by atoms with Crippen molar-refractivity contribution in [1.82, 2.24) is 20.0 Å². The largest absolute Gasteiger partial charge is 0.340 e. The number of piperazine rings is 2. The number of rotatable bonds is 5. The summed E-state index contributed by atoms with van der Waals surface area (Å²) < 4.78 is 0. The zero-order valence-electron chi connectivity index (χ0n) is 16.2. The third-order valence-corrected chi connectivity index (χ3v) is 5.38. The summed E-state index contributed by atoms with van der Waals surface area (Å²) in [4.78, 5) is 31.1. The van der Waals surface area contributed by atoms with Crippen molar-refractivity contribution >= 4 is 24.2 Å². The van der Waals surface area contributed by atoms with Gasteiger partial charge in [-0.1, -0.05) is 19.1 Å². The highest BCUT2D eigenvalue weighted by molar-refractivity contribution is 5.94. The van der Waals surface area contributed by atoms with Crippen molar-refractivity contribution in [2.24, 2.45) is 0 Å². The predicted octanol–water partition coefficient (Wildman–Crippen LogP) is 1.25. The second-order valence-corrected chi connectivity index (χ2v) is 7.07. The number of halogens is 1. The first-order chi connectivity index (χ1) is 12.7. The van der Waals surface area contributed by atoms with Gasteiger partial charge in [-0.2, -0.15) is 0 Å². The number of hydrogen-bond acceptors (Lipinski definition) is 4. The van der Waals surface area contributed by atoms with E-state index in [-0.39, 0.29) is 24.2 Å². The van der Waals surface area contributed by atoms with E-state index in [0.717, 1.165) is 70.9 Å². The van der Waals surface area contributed by atoms with Gasteiger partial charge < -0.3 is 15.1 Å². The van der Waals surface area contributed by atoms with E-state index in [1.54, 1.807) is 0 Å². The van der Waals surface area contributed by atoms with Crippen molar-refractivity contribution in [3.8, 4) is 0 Å². The second-order valence-electron chi connectivity index (χ2n) is 7.07. The fourth-order valence-electron chi connectivity index (χ4n) is 3.57. The number of hydrogen-bond donors (Lipinski definition) is 1. The van der Waals surface area contributed by atoms with E-state index in [1.807, 2.05) is 34.1 Å². The predicted molar refractivity (Wildman–Crippen MR) is 109 cm³/mol. The summed E-state index contributed by atoms with van der Waals surface area (Å²) in [5.74, 6) is 0.366. The Kier molecular flexibility index (Phi) is 8.54. The molecular formula is C20H31ClN4O2. The normalized spacial score (nSPS) is 18.1. The summed E-state index contributed by atoms with van der Waals surface area (Å²) in [6.45, 7) is 9.47. The molecule has 1 aromatic carbocycles. The minimum atomic E-state index is 0. The van der Waals surface area contributed by atoms with Crippen LogP contribution >= 0.6 is 12.4 Å². The molecule has 0 saturated carbocycles. The zero-order valence-corrected chi connectivity index (χ0v) is 17.0. The van der Waals surface area contributed by atoms with Crippen LogP contribution in [0.25, 0.3) is 0 Å². The van der Waals surface area contributed by atoms with E-state index in [1.165, 1.54) is 5.56 Å². The molecule has 0 atom stereocenters. The Morgan fingerprint density at radius 2 is 1.56 bits per heavy atom. The van der Waals surface area contributed by atoms with Crippen LogP contribution in [0.2, 0.25) is 0 Å². The van der Waals surface area contributed by atoms with E-state index in [4.69, 9.17) is 0 Å². The highest BCUT2D eigenvalue weighted by atomic mass is 35.5. The SMILES string of the molecule is CCc1ccc(C(=O)N2CCN(CCC(=O)N3CCNCC3)CC2)cc1.Cl. The molecule has 2 aliphatic heterocycles. The molecule has 2 heterocycles. The third-order valence-electron chi connectivity index (χ3n) is 5.38. The molecule has 2 aliphatic rings. The highest BCUT2D eigenvalue weighted by Crippen LogP contribution is 2.11. The van der Waals surface area contributed by atoms with Gasteiger partial charge >= 0.3 is 0 Å². The van der Waals surface area contributed by atoms with Gasteiger partial charge in [-0.25, -0.2) is 0 Å². The summed E-state index contributed by atoms with van der Waals surface area (Å²) in [7, 11) is 0. The van der Waals surface area contributed by atoms with Crippen LogP contribution in [-0.2, 0) is 11.2 Å². The van der Waals surface area contributed by atoms with Gasteiger partial charge in [0.2, 0.25) is 5.91 Å². The number of amides is 2. The van der Waals surface area contributed by atoms with E-state index in [9.17, 15) is 9.59 Å². The molecule has 1 N–H and O–H groups in total. The molecular weight excluding hydrogens is 364 g/mol. The van der Waals surface area contributed by atoms with E-state index >= 15 is 0 Å². The molecule has 2 saturated heterocycles. The molecule has 0 radical (unpaired) electrons. The maximum atomic E-state index is 12.6. The number of nitrogens with one attached hydrogen (secondary N) is 1. The quantitative estimate of drug-likeness (QED) is 0.816. The van der Waals surface area contributed by atoms with Gasteiger partial charge in [0.05, 0.1) is 0 Å². The Bertz CT molecular complexity index is 609. The molecule has 150 valence electrons. The van der Waals surface area contributed by atoms with Gasteiger partial charge in [0, 0.05) is 70.9 Å². The highest BCUT2D eigenvalue weighted by Gasteiger charge is 2.23. The Morgan fingerprint density at radius 3 is 2.15 bits per heavy atom. The fraction of sp³-hybridized carbons (Fsp3) is 0.600. The van der Waals surface area contributed by atoms with Crippen LogP contribution < -0.4 is 5.32 Å². The van der Waals surface area contributed by atoms with Crippen molar-refractivity contribution < 1.29 is 9.59 Å². The van der Waals surface area contributed by atoms with Crippen LogP contribution in [0.15, 0.2) is 24.3 Å². The summed E-state index contributed by atoms with van der Waals surface area (Å²) in [6.07, 6.45) is 1.56. The van der Waals surface area contributed by atoms with Crippen LogP contribution in [0.4, 0.5) is 0 Å². The molecule has 2 fully saturated rings. The minimum Gasteiger partial charge on any atom is -0.340 e. The van der Waals surface area contributed by atoms with Gasteiger partial charge in [-0.3, -0.25) is 14.5 Å². The average molecular weight is 395 g/mol. The van der Waals surface area contributed by atoms with Gasteiger partial charge in [-0.05, 0) is 24.1 Å². The molecule has 3 rings (SSSR count). The third kappa shape index (κ3) is 5.92. The topological polar surface area (TPSA) is 55.9 Å². The number of nitrogens with zero attached hydrogens (tertiary/aromatic N) is 3. The van der Waals surface area contributed by atoms with Crippen molar-refractivity contribution in [3.05, 3.63) is 35.4 Å². The molecule has 27 heavy (non-hydrogen) atoms. The maximum Gasteiger partial charge on any atom is 0.253 e. The average Bonchev–Trinajstić information content (AvgIpc) is 2.72. The Hall–Kier alpha value is -1.63. The molecule has 0 bridgehead atoms. The summed E-state index contributed by atoms with van der Waals surface area (Å²) in [6, 6.07) is 7.93. The first-order valence-corrected chi connectivity index (χ1v) is 9.76. The minimum absolute atomic E-state index is 0. The lowest BCUT2D eigenvalue weighted by Gasteiger charge is -2.35. The lowest BCUT2D eigenvalue weighted by molar-refractivity contribution is -0.132. The molecule has 7 heteroatoms. The van der Waals surface area contributed by atoms with Gasteiger partial charge in [0.15, 0.2) is 0 Å². The summed E-state index contributed by atoms with van der Waals surface area (Å²) >= 11 is 0. The van der Waals surface area contributed by atoms with Crippen molar-refractivity contribution in [2.45, 2.75) is 19.8 Å². The molecule has 0 aliphatic carbocycles. The van der Waals surface area contributed by atoms with Crippen LogP contribution in [0.3, 0.4) is 0 Å². The van der Waals surface area contributed by atoms with Crippen molar-refractivity contribution in [2.75, 3.05) is 58.9 Å². The van der Waals surface area contributed by atoms with Gasteiger partial charge in [-0.15, -0.1) is 12.4 Å². The maximum absolute atomic E-state index is 12.6. The van der Waals surface area contributed by atoms with Crippen LogP contribution in [0.1, 0.15) is 29.3 Å². The molecule has 2 amide bonds. The van der Waals surface area contributed by atoms with Crippen molar-refractivity contribution in [1.29, 1.82) is 0 Å². The molecule has 0 spiro atoms. The number of carbonyl (C=O) groups excluding carboxylic acids is 2. The summed E-state index contributed by atoms with van der Waals surface area (Å²) in [5, 5.41) is 3.27. The van der Waals surface area contributed by atoms with E-state index in [2.05, 4.69) is 17.1 Å². The fourth-order valence-corrected chi connectivity index (χ4v) is 3.57. The van der Waals surface area contributed by atoms with E-state index in [0.29, 0.717) is 6.42 Å². The van der Waals surface area contributed by atoms with Crippen molar-refractivity contribution in [3.63, 3.8) is 0 Å². The standard InChI is InChI=1S/C20H30N4O2.ClH/c1-2-17-3-5-18(6-4-17)20(26)24-15-13-22(14-16-24)10-7-19(25)23-11-8-21-9-12-23;/h3-6,21H,2,7-16H2,1H3;1H. The summed E-state index contributed by atoms with van der Waals surface area (Å²) in [5.41, 5.74) is 2.02.